The topological polar surface area (TPSA) is 81.2 Å². The Bertz CT molecular complexity index is 726. The molecular weight excluding hydrogens is 375 g/mol. The minimum absolute atomic E-state index is 0.0169. The van der Waals surface area contributed by atoms with Crippen LogP contribution in [-0.2, 0) is 9.09 Å². The summed E-state index contributed by atoms with van der Waals surface area (Å²) in [5.41, 5.74) is -1.05. The van der Waals surface area contributed by atoms with Crippen LogP contribution in [0.2, 0.25) is 0 Å². The summed E-state index contributed by atoms with van der Waals surface area (Å²) >= 11 is 0. The van der Waals surface area contributed by atoms with Gasteiger partial charge in [0, 0.05) is 18.3 Å². The minimum Gasteiger partial charge on any atom is -0.297 e. The molecule has 0 fully saturated rings. The lowest BCUT2D eigenvalue weighted by atomic mass is 9.90. The molecule has 0 amide bonds. The molecule has 0 aromatic carbocycles. The van der Waals surface area contributed by atoms with Gasteiger partial charge >= 0.3 is 13.7 Å². The van der Waals surface area contributed by atoms with E-state index in [9.17, 15) is 14.2 Å². The first-order valence-electron chi connectivity index (χ1n) is 10.7. The van der Waals surface area contributed by atoms with Gasteiger partial charge in [-0.1, -0.05) is 41.0 Å². The average molecular weight is 414 g/mol. The summed E-state index contributed by atoms with van der Waals surface area (Å²) in [5.74, 6) is 0.304. The number of nitrogens with zero attached hydrogens (tertiary/aromatic N) is 1. The summed E-state index contributed by atoms with van der Waals surface area (Å²) in [6.07, 6.45) is 7.50. The van der Waals surface area contributed by atoms with Gasteiger partial charge in [-0.3, -0.25) is 14.3 Å². The molecule has 0 bridgehead atoms. The Morgan fingerprint density at radius 1 is 1.18 bits per heavy atom. The number of rotatable bonds is 13. The molecule has 0 saturated carbocycles. The SMILES string of the molecule is CCC(C)[C@H](CCCC(C)(CC)O[P+](=O)C(CC)CC)n1ccc(=O)[nH]c1=O. The van der Waals surface area contributed by atoms with Crippen LogP contribution in [0.1, 0.15) is 92.5 Å². The van der Waals surface area contributed by atoms with Crippen molar-refractivity contribution in [3.8, 4) is 0 Å². The zero-order valence-corrected chi connectivity index (χ0v) is 19.3. The summed E-state index contributed by atoms with van der Waals surface area (Å²) in [6, 6.07) is 1.42. The summed E-state index contributed by atoms with van der Waals surface area (Å²) < 4.78 is 20.3. The van der Waals surface area contributed by atoms with Gasteiger partial charge in [0.2, 0.25) is 0 Å². The molecule has 0 saturated heterocycles. The maximum absolute atomic E-state index is 12.6. The van der Waals surface area contributed by atoms with E-state index in [1.54, 1.807) is 10.8 Å². The fourth-order valence-electron chi connectivity index (χ4n) is 3.51. The average Bonchev–Trinajstić information content (AvgIpc) is 2.66. The van der Waals surface area contributed by atoms with E-state index in [1.165, 1.54) is 6.07 Å². The fraction of sp³-hybridized carbons (Fsp3) is 0.810. The Hall–Kier alpha value is -1.26. The minimum atomic E-state index is -1.68. The van der Waals surface area contributed by atoms with Gasteiger partial charge in [-0.25, -0.2) is 4.79 Å². The standard InChI is InChI=1S/C21H37N2O4P/c1-7-16(5)18(23-15-13-19(24)22-20(23)25)12-11-14-21(6,10-4)27-28(26)17(8-2)9-3/h13,15-18H,7-12,14H2,1-6H3/p+1/t16?,18-,21?/m0/s1. The van der Waals surface area contributed by atoms with Crippen molar-refractivity contribution in [3.63, 3.8) is 0 Å². The Morgan fingerprint density at radius 2 is 1.82 bits per heavy atom. The molecule has 28 heavy (non-hydrogen) atoms. The van der Waals surface area contributed by atoms with Crippen molar-refractivity contribution in [1.82, 2.24) is 9.55 Å². The van der Waals surface area contributed by atoms with Crippen molar-refractivity contribution in [2.24, 2.45) is 5.92 Å². The molecule has 1 aromatic heterocycles. The van der Waals surface area contributed by atoms with Gasteiger partial charge < -0.3 is 0 Å². The second kappa shape index (κ2) is 11.7. The highest BCUT2D eigenvalue weighted by Crippen LogP contribution is 2.42. The predicted octanol–water partition coefficient (Wildman–Crippen LogP) is 5.41. The van der Waals surface area contributed by atoms with E-state index in [2.05, 4.69) is 25.8 Å². The lowest BCUT2D eigenvalue weighted by molar-refractivity contribution is 0.0774. The Labute approximate surface area is 170 Å². The van der Waals surface area contributed by atoms with Crippen LogP contribution in [0.5, 0.6) is 0 Å². The van der Waals surface area contributed by atoms with Crippen molar-refractivity contribution < 1.29 is 9.09 Å². The first-order chi connectivity index (χ1) is 13.2. The van der Waals surface area contributed by atoms with Gasteiger partial charge in [-0.15, -0.1) is 4.52 Å². The second-order valence-corrected chi connectivity index (χ2v) is 9.50. The normalized spacial score (nSPS) is 16.6. The molecule has 1 rings (SSSR count). The number of H-pyrrole nitrogens is 1. The molecule has 0 spiro atoms. The third kappa shape index (κ3) is 6.97. The Balaban J connectivity index is 2.85. The van der Waals surface area contributed by atoms with Gasteiger partial charge in [-0.05, 0) is 55.9 Å². The van der Waals surface area contributed by atoms with Crippen LogP contribution >= 0.6 is 8.03 Å². The molecule has 1 N–H and O–H groups in total. The highest BCUT2D eigenvalue weighted by atomic mass is 31.1. The number of hydrogen-bond acceptors (Lipinski definition) is 4. The Morgan fingerprint density at radius 3 is 2.32 bits per heavy atom. The van der Waals surface area contributed by atoms with Crippen molar-refractivity contribution in [1.29, 1.82) is 0 Å². The predicted molar refractivity (Wildman–Crippen MR) is 115 cm³/mol. The van der Waals surface area contributed by atoms with Gasteiger partial charge in [0.25, 0.3) is 5.56 Å². The molecule has 0 aliphatic carbocycles. The van der Waals surface area contributed by atoms with Crippen molar-refractivity contribution in [3.05, 3.63) is 33.1 Å². The zero-order chi connectivity index (χ0) is 21.3. The smallest absolute Gasteiger partial charge is 0.297 e. The number of aromatic amines is 1. The molecule has 7 heteroatoms. The molecule has 160 valence electrons. The molecule has 0 aliphatic rings. The van der Waals surface area contributed by atoms with E-state index >= 15 is 0 Å². The van der Waals surface area contributed by atoms with Crippen molar-refractivity contribution in [2.45, 2.75) is 104 Å². The summed E-state index contributed by atoms with van der Waals surface area (Å²) in [7, 11) is -1.68. The van der Waals surface area contributed by atoms with Crippen molar-refractivity contribution >= 4 is 8.03 Å². The van der Waals surface area contributed by atoms with E-state index in [0.717, 1.165) is 44.9 Å². The van der Waals surface area contributed by atoms with Gasteiger partial charge in [-0.2, -0.15) is 0 Å². The van der Waals surface area contributed by atoms with Gasteiger partial charge in [0.1, 0.15) is 5.60 Å². The van der Waals surface area contributed by atoms with Crippen LogP contribution in [0, 0.1) is 5.92 Å². The van der Waals surface area contributed by atoms with Crippen LogP contribution in [0.3, 0.4) is 0 Å². The van der Waals surface area contributed by atoms with Gasteiger partial charge in [0.05, 0.1) is 0 Å². The molecule has 6 nitrogen and oxygen atoms in total. The summed E-state index contributed by atoms with van der Waals surface area (Å²) in [4.78, 5) is 26.0. The summed E-state index contributed by atoms with van der Waals surface area (Å²) in [6.45, 7) is 12.4. The molecule has 1 aromatic rings. The fourth-order valence-corrected chi connectivity index (χ4v) is 4.91. The quantitative estimate of drug-likeness (QED) is 0.438. The first kappa shape index (κ1) is 24.8. The van der Waals surface area contributed by atoms with E-state index < -0.39 is 13.6 Å². The van der Waals surface area contributed by atoms with Crippen LogP contribution in [0.15, 0.2) is 21.9 Å². The molecule has 1 heterocycles. The van der Waals surface area contributed by atoms with Crippen LogP contribution in [-0.4, -0.2) is 20.8 Å². The van der Waals surface area contributed by atoms with Crippen LogP contribution < -0.4 is 11.2 Å². The number of aromatic nitrogens is 2. The van der Waals surface area contributed by atoms with Crippen molar-refractivity contribution in [2.75, 3.05) is 0 Å². The van der Waals surface area contributed by atoms with Gasteiger partial charge in [0.15, 0.2) is 5.66 Å². The molecule has 3 unspecified atom stereocenters. The largest absolute Gasteiger partial charge is 0.511 e. The third-order valence-electron chi connectivity index (χ3n) is 6.01. The lowest BCUT2D eigenvalue weighted by Crippen LogP contribution is -2.34. The molecule has 0 radical (unpaired) electrons. The second-order valence-electron chi connectivity index (χ2n) is 8.01. The first-order valence-corrected chi connectivity index (χ1v) is 11.9. The molecular formula is C21H38N2O4P+. The third-order valence-corrected chi connectivity index (χ3v) is 7.96. The highest BCUT2D eigenvalue weighted by Gasteiger charge is 2.39. The number of nitrogens with one attached hydrogen (secondary N) is 1. The number of hydrogen-bond donors (Lipinski definition) is 1. The monoisotopic (exact) mass is 413 g/mol. The van der Waals surface area contributed by atoms with Crippen LogP contribution in [0.25, 0.3) is 0 Å². The van der Waals surface area contributed by atoms with E-state index in [-0.39, 0.29) is 22.9 Å². The summed E-state index contributed by atoms with van der Waals surface area (Å²) in [5, 5.41) is 0. The van der Waals surface area contributed by atoms with E-state index in [1.807, 2.05) is 20.8 Å². The highest BCUT2D eigenvalue weighted by molar-refractivity contribution is 7.40. The zero-order valence-electron chi connectivity index (χ0n) is 18.4. The maximum atomic E-state index is 12.6. The molecule has 4 atom stereocenters. The maximum Gasteiger partial charge on any atom is 0.511 e. The van der Waals surface area contributed by atoms with E-state index in [4.69, 9.17) is 4.52 Å². The Kier molecular flexibility index (Phi) is 10.3. The van der Waals surface area contributed by atoms with E-state index in [0.29, 0.717) is 5.92 Å². The lowest BCUT2D eigenvalue weighted by Gasteiger charge is -2.27. The molecule has 0 aliphatic heterocycles. The van der Waals surface area contributed by atoms with Crippen LogP contribution in [0.4, 0.5) is 0 Å².